The van der Waals surface area contributed by atoms with Gasteiger partial charge in [0, 0.05) is 25.2 Å². The molecule has 4 aliphatic heterocycles. The molecule has 5 aliphatic rings. The zero-order valence-electron chi connectivity index (χ0n) is 27.8. The van der Waals surface area contributed by atoms with Crippen molar-refractivity contribution in [2.45, 2.75) is 129 Å². The van der Waals surface area contributed by atoms with Gasteiger partial charge in [0.1, 0.15) is 35.9 Å². The molecule has 9 heteroatoms. The van der Waals surface area contributed by atoms with Gasteiger partial charge in [-0.25, -0.2) is 0 Å². The first-order valence-electron chi connectivity index (χ1n) is 16.6. The molecule has 0 aromatic carbocycles. The summed E-state index contributed by atoms with van der Waals surface area (Å²) in [4.78, 5) is 26.2. The number of carbonyl (C=O) groups is 1. The number of carbonyl (C=O) groups excluding carboxylic acids is 1. The van der Waals surface area contributed by atoms with Gasteiger partial charge in [-0.05, 0) is 62.2 Å². The molecule has 3 saturated heterocycles. The molecule has 0 aromatic rings. The number of fused-ring (bicyclic) bond motifs is 2. The van der Waals surface area contributed by atoms with Crippen LogP contribution in [0.3, 0.4) is 0 Å². The summed E-state index contributed by atoms with van der Waals surface area (Å²) in [5, 5.41) is 26.6. The Kier molecular flexibility index (Phi) is 10.1. The number of hydrogen-bond donors (Lipinski definition) is 2. The van der Waals surface area contributed by atoms with Gasteiger partial charge in [0.05, 0.1) is 18.8 Å². The summed E-state index contributed by atoms with van der Waals surface area (Å²) in [6.45, 7) is 14.3. The minimum absolute atomic E-state index is 0.0972. The third-order valence-electron chi connectivity index (χ3n) is 10.2. The van der Waals surface area contributed by atoms with E-state index in [1.165, 1.54) is 5.57 Å². The van der Waals surface area contributed by atoms with Crippen LogP contribution in [0.15, 0.2) is 63.9 Å². The van der Waals surface area contributed by atoms with Crippen molar-refractivity contribution >= 4 is 5.97 Å². The van der Waals surface area contributed by atoms with E-state index in [-0.39, 0.29) is 43.5 Å². The van der Waals surface area contributed by atoms with Crippen LogP contribution in [0.2, 0.25) is 0 Å². The first-order valence-corrected chi connectivity index (χ1v) is 16.6. The maximum Gasteiger partial charge on any atom is 0.316 e. The average Bonchev–Trinajstić information content (AvgIpc) is 3.30. The van der Waals surface area contributed by atoms with E-state index in [2.05, 4.69) is 51.1 Å². The van der Waals surface area contributed by atoms with Crippen molar-refractivity contribution in [3.8, 4) is 0 Å². The highest BCUT2D eigenvalue weighted by Gasteiger charge is 2.60. The molecular weight excluding hydrogens is 574 g/mol. The predicted molar refractivity (Wildman–Crippen MR) is 171 cm³/mol. The minimum atomic E-state index is -1.76. The number of aliphatic hydroxyl groups is 2. The molecule has 2 N–H and O–H groups in total. The molecule has 11 atom stereocenters. The van der Waals surface area contributed by atoms with Crippen molar-refractivity contribution in [2.24, 2.45) is 28.8 Å². The lowest BCUT2D eigenvalue weighted by atomic mass is 9.71. The SMILES string of the molecule is CC1=CC[C@@H]2C[C@@H](C[C@]3(CC(N=O)[C@H](C)[C@@H](C(C)=CC(C)C)O3)O2)OC(=O)[C@@H]2C=C(C)[C@@H](O)[C@H]3OCC(=CC=C[C@H](C)C1)[C@]32O. The van der Waals surface area contributed by atoms with Gasteiger partial charge < -0.3 is 29.2 Å². The van der Waals surface area contributed by atoms with E-state index in [0.29, 0.717) is 29.9 Å². The highest BCUT2D eigenvalue weighted by molar-refractivity contribution is 5.78. The van der Waals surface area contributed by atoms with E-state index < -0.39 is 47.6 Å². The summed E-state index contributed by atoms with van der Waals surface area (Å²) in [7, 11) is 0. The largest absolute Gasteiger partial charge is 0.462 e. The molecule has 1 unspecified atom stereocenters. The van der Waals surface area contributed by atoms with Gasteiger partial charge >= 0.3 is 5.97 Å². The zero-order valence-corrected chi connectivity index (χ0v) is 27.8. The standard InChI is InChI=1S/C36H51NO8/c1-20(2)13-24(6)32-25(7)30(37-41)18-35(45-32)17-28-16-27(44-35)12-11-22(4)14-21(3)9-8-10-26-19-42-33-31(38)23(5)15-29(34(39)43-28)36(26,33)40/h8-11,13,15,20-21,25,27-33,38,40H,12,14,16-19H2,1-7H3/t21-,25-,27+,28-,29-,30?,31+,32+,33+,35-,36+/m0/s1. The van der Waals surface area contributed by atoms with Crippen LogP contribution >= 0.6 is 0 Å². The van der Waals surface area contributed by atoms with Gasteiger partial charge in [0.2, 0.25) is 0 Å². The maximum atomic E-state index is 14.1. The van der Waals surface area contributed by atoms with Gasteiger partial charge in [-0.15, -0.1) is 0 Å². The lowest BCUT2D eigenvalue weighted by Crippen LogP contribution is -2.59. The first kappa shape index (κ1) is 33.9. The summed E-state index contributed by atoms with van der Waals surface area (Å²) in [6.07, 6.45) is 10.8. The fraction of sp³-hybridized carbons (Fsp3) is 0.694. The maximum absolute atomic E-state index is 14.1. The van der Waals surface area contributed by atoms with Gasteiger partial charge in [0.15, 0.2) is 5.79 Å². The lowest BCUT2D eigenvalue weighted by molar-refractivity contribution is -0.332. The second-order valence-electron chi connectivity index (χ2n) is 14.5. The molecule has 0 saturated carbocycles. The third kappa shape index (κ3) is 6.84. The predicted octanol–water partition coefficient (Wildman–Crippen LogP) is 5.86. The molecule has 5 rings (SSSR count). The Morgan fingerprint density at radius 1 is 1.16 bits per heavy atom. The third-order valence-corrected chi connectivity index (χ3v) is 10.2. The van der Waals surface area contributed by atoms with Crippen molar-refractivity contribution < 1.29 is 34.0 Å². The van der Waals surface area contributed by atoms with Gasteiger partial charge in [-0.2, -0.15) is 4.91 Å². The normalized spacial score (nSPS) is 42.9. The van der Waals surface area contributed by atoms with Crippen LogP contribution in [0.4, 0.5) is 0 Å². The minimum Gasteiger partial charge on any atom is -0.462 e. The van der Waals surface area contributed by atoms with Crippen molar-refractivity contribution in [1.82, 2.24) is 0 Å². The van der Waals surface area contributed by atoms with Crippen LogP contribution in [-0.2, 0) is 23.7 Å². The molecule has 0 radical (unpaired) electrons. The molecule has 0 aromatic heterocycles. The number of ether oxygens (including phenoxy) is 4. The Morgan fingerprint density at radius 3 is 2.62 bits per heavy atom. The first-order chi connectivity index (χ1) is 21.3. The molecular formula is C36H51NO8. The topological polar surface area (TPSA) is 124 Å². The van der Waals surface area contributed by atoms with Crippen LogP contribution in [0.1, 0.15) is 80.6 Å². The van der Waals surface area contributed by atoms with E-state index in [4.69, 9.17) is 18.9 Å². The van der Waals surface area contributed by atoms with Crippen LogP contribution < -0.4 is 0 Å². The van der Waals surface area contributed by atoms with E-state index in [9.17, 15) is 19.9 Å². The second-order valence-corrected chi connectivity index (χ2v) is 14.5. The number of hydrogen-bond acceptors (Lipinski definition) is 9. The molecule has 1 aliphatic carbocycles. The van der Waals surface area contributed by atoms with Crippen molar-refractivity contribution in [2.75, 3.05) is 6.61 Å². The summed E-state index contributed by atoms with van der Waals surface area (Å²) in [5.74, 6) is -2.46. The van der Waals surface area contributed by atoms with Crippen LogP contribution in [-0.4, -0.2) is 70.7 Å². The summed E-state index contributed by atoms with van der Waals surface area (Å²) < 4.78 is 25.7. The van der Waals surface area contributed by atoms with E-state index in [1.807, 2.05) is 19.9 Å². The molecule has 2 bridgehead atoms. The summed E-state index contributed by atoms with van der Waals surface area (Å²) in [5.41, 5.74) is 1.55. The smallest absolute Gasteiger partial charge is 0.316 e. The highest BCUT2D eigenvalue weighted by atomic mass is 16.7. The highest BCUT2D eigenvalue weighted by Crippen LogP contribution is 2.48. The molecule has 45 heavy (non-hydrogen) atoms. The number of esters is 1. The number of nitrogens with zero attached hydrogens (tertiary/aromatic N) is 1. The molecule has 9 nitrogen and oxygen atoms in total. The van der Waals surface area contributed by atoms with Crippen LogP contribution in [0.5, 0.6) is 0 Å². The van der Waals surface area contributed by atoms with E-state index >= 15 is 0 Å². The summed E-state index contributed by atoms with van der Waals surface area (Å²) in [6, 6.07) is -0.535. The van der Waals surface area contributed by atoms with Crippen molar-refractivity contribution in [3.63, 3.8) is 0 Å². The van der Waals surface area contributed by atoms with Gasteiger partial charge in [-0.3, -0.25) is 4.79 Å². The molecule has 0 amide bonds. The zero-order chi connectivity index (χ0) is 32.7. The number of nitroso groups, excluding NO2 is 1. The molecule has 1 spiro atoms. The van der Waals surface area contributed by atoms with Crippen LogP contribution in [0.25, 0.3) is 0 Å². The fourth-order valence-electron chi connectivity index (χ4n) is 7.98. The Balaban J connectivity index is 1.54. The van der Waals surface area contributed by atoms with Gasteiger partial charge in [-0.1, -0.05) is 74.9 Å². The summed E-state index contributed by atoms with van der Waals surface area (Å²) >= 11 is 0. The van der Waals surface area contributed by atoms with E-state index in [1.54, 1.807) is 19.1 Å². The number of rotatable bonds is 3. The van der Waals surface area contributed by atoms with Gasteiger partial charge in [0.25, 0.3) is 0 Å². The molecule has 4 heterocycles. The second kappa shape index (κ2) is 13.4. The Hall–Kier alpha value is -2.43. The lowest BCUT2D eigenvalue weighted by Gasteiger charge is -2.51. The fourth-order valence-corrected chi connectivity index (χ4v) is 7.98. The number of allylic oxidation sites excluding steroid dienone is 5. The van der Waals surface area contributed by atoms with Crippen molar-refractivity contribution in [3.05, 3.63) is 63.7 Å². The Labute approximate surface area is 267 Å². The monoisotopic (exact) mass is 625 g/mol. The van der Waals surface area contributed by atoms with Crippen molar-refractivity contribution in [1.29, 1.82) is 0 Å². The Morgan fingerprint density at radius 2 is 1.91 bits per heavy atom. The molecule has 248 valence electrons. The Bertz CT molecular complexity index is 1300. The number of aliphatic hydroxyl groups excluding tert-OH is 1. The quantitative estimate of drug-likeness (QED) is 0.227. The molecule has 3 fully saturated rings. The average molecular weight is 626 g/mol. The van der Waals surface area contributed by atoms with E-state index in [0.717, 1.165) is 12.0 Å². The van der Waals surface area contributed by atoms with Crippen LogP contribution in [0, 0.1) is 28.6 Å².